The van der Waals surface area contributed by atoms with Crippen molar-refractivity contribution in [1.29, 1.82) is 0 Å². The number of unbranched alkanes of at least 4 members (excludes halogenated alkanes) is 13. The van der Waals surface area contributed by atoms with Gasteiger partial charge in [-0.15, -0.1) is 12.6 Å². The van der Waals surface area contributed by atoms with Crippen molar-refractivity contribution in [2.75, 3.05) is 5.73 Å². The van der Waals surface area contributed by atoms with E-state index in [4.69, 9.17) is 5.73 Å². The smallest absolute Gasteiger partial charge is 0.164 e. The molecule has 1 aromatic rings. The maximum Gasteiger partial charge on any atom is 0.164 e. The van der Waals surface area contributed by atoms with Gasteiger partial charge in [0.15, 0.2) is 5.78 Å². The quantitative estimate of drug-likeness (QED) is 0.135. The van der Waals surface area contributed by atoms with Crippen LogP contribution in [0.5, 0.6) is 0 Å². The van der Waals surface area contributed by atoms with Crippen LogP contribution in [-0.2, 0) is 0 Å². The Labute approximate surface area is 166 Å². The van der Waals surface area contributed by atoms with E-state index in [1.165, 1.54) is 77.0 Å². The minimum absolute atomic E-state index is 0.150. The molecular weight excluding hydrogens is 338 g/mol. The molecule has 0 aliphatic heterocycles. The molecule has 0 heterocycles. The number of rotatable bonds is 16. The van der Waals surface area contributed by atoms with Crippen LogP contribution in [0.1, 0.15) is 114 Å². The molecule has 1 aromatic carbocycles. The molecule has 0 aliphatic carbocycles. The predicted molar refractivity (Wildman–Crippen MR) is 117 cm³/mol. The third kappa shape index (κ3) is 10.3. The Morgan fingerprint density at radius 3 is 1.77 bits per heavy atom. The summed E-state index contributed by atoms with van der Waals surface area (Å²) in [4.78, 5) is 12.9. The van der Waals surface area contributed by atoms with Crippen molar-refractivity contribution in [3.8, 4) is 0 Å². The zero-order valence-electron chi connectivity index (χ0n) is 16.8. The number of para-hydroxylation sites is 1. The van der Waals surface area contributed by atoms with Gasteiger partial charge in [-0.3, -0.25) is 4.79 Å². The van der Waals surface area contributed by atoms with Crippen LogP contribution in [0.3, 0.4) is 0 Å². The second-order valence-corrected chi connectivity index (χ2v) is 7.99. The van der Waals surface area contributed by atoms with Crippen LogP contribution in [0.25, 0.3) is 0 Å². The molecule has 3 heteroatoms. The number of thiol groups is 1. The van der Waals surface area contributed by atoms with E-state index in [1.807, 2.05) is 12.1 Å². The van der Waals surface area contributed by atoms with E-state index in [0.29, 0.717) is 22.6 Å². The molecular formula is C23H39NOS. The van der Waals surface area contributed by atoms with Crippen LogP contribution >= 0.6 is 12.6 Å². The van der Waals surface area contributed by atoms with E-state index < -0.39 is 0 Å². The largest absolute Gasteiger partial charge is 0.397 e. The van der Waals surface area contributed by atoms with Crippen molar-refractivity contribution in [3.63, 3.8) is 0 Å². The van der Waals surface area contributed by atoms with E-state index in [2.05, 4.69) is 19.6 Å². The maximum absolute atomic E-state index is 12.2. The standard InChI is InChI=1S/C23H39NOS/c1-2-3-4-5-6-7-8-9-10-11-12-13-14-15-18-21(25)20-17-16-19-22(26)23(20)24/h16-17,19,26H,2-15,18,24H2,1H3. The molecule has 1 rings (SSSR count). The lowest BCUT2D eigenvalue weighted by Gasteiger charge is -2.07. The SMILES string of the molecule is CCCCCCCCCCCCCCCCC(=O)c1cccc(S)c1N. The fraction of sp³-hybridized carbons (Fsp3) is 0.696. The summed E-state index contributed by atoms with van der Waals surface area (Å²) >= 11 is 4.28. The fourth-order valence-corrected chi connectivity index (χ4v) is 3.62. The topological polar surface area (TPSA) is 43.1 Å². The summed E-state index contributed by atoms with van der Waals surface area (Å²) in [7, 11) is 0. The average molecular weight is 378 g/mol. The first-order chi connectivity index (χ1) is 12.7. The van der Waals surface area contributed by atoms with Crippen LogP contribution in [0.15, 0.2) is 23.1 Å². The molecule has 148 valence electrons. The summed E-state index contributed by atoms with van der Waals surface area (Å²) in [5.41, 5.74) is 7.09. The average Bonchev–Trinajstić information content (AvgIpc) is 2.64. The molecule has 0 amide bonds. The number of benzene rings is 1. The number of anilines is 1. The molecule has 0 bridgehead atoms. The van der Waals surface area contributed by atoms with Crippen molar-refractivity contribution < 1.29 is 4.79 Å². The van der Waals surface area contributed by atoms with E-state index in [1.54, 1.807) is 6.07 Å². The molecule has 2 nitrogen and oxygen atoms in total. The molecule has 26 heavy (non-hydrogen) atoms. The fourth-order valence-electron chi connectivity index (χ4n) is 3.41. The Balaban J connectivity index is 1.92. The number of Topliss-reactive ketones (excluding diaryl/α,β-unsaturated/α-hetero) is 1. The van der Waals surface area contributed by atoms with E-state index >= 15 is 0 Å². The number of nitrogen functional groups attached to an aromatic ring is 1. The molecule has 0 aromatic heterocycles. The zero-order valence-corrected chi connectivity index (χ0v) is 17.7. The summed E-state index contributed by atoms with van der Waals surface area (Å²) < 4.78 is 0. The number of hydrogen-bond donors (Lipinski definition) is 2. The lowest BCUT2D eigenvalue weighted by molar-refractivity contribution is 0.0980. The summed E-state index contributed by atoms with van der Waals surface area (Å²) in [6.07, 6.45) is 19.2. The monoisotopic (exact) mass is 377 g/mol. The van der Waals surface area contributed by atoms with Crippen molar-refractivity contribution in [2.24, 2.45) is 0 Å². The molecule has 2 N–H and O–H groups in total. The minimum Gasteiger partial charge on any atom is -0.397 e. The lowest BCUT2D eigenvalue weighted by Crippen LogP contribution is -2.04. The van der Waals surface area contributed by atoms with Crippen molar-refractivity contribution in [2.45, 2.75) is 108 Å². The molecule has 0 radical (unpaired) electrons. The van der Waals surface area contributed by atoms with E-state index in [9.17, 15) is 4.79 Å². The summed E-state index contributed by atoms with van der Waals surface area (Å²) in [6, 6.07) is 5.47. The number of carbonyl (C=O) groups excluding carboxylic acids is 1. The third-order valence-electron chi connectivity index (χ3n) is 5.14. The zero-order chi connectivity index (χ0) is 19.0. The molecule has 0 spiro atoms. The number of ketones is 1. The van der Waals surface area contributed by atoms with Gasteiger partial charge < -0.3 is 5.73 Å². The van der Waals surface area contributed by atoms with Gasteiger partial charge in [0.2, 0.25) is 0 Å². The van der Waals surface area contributed by atoms with Crippen LogP contribution in [0, 0.1) is 0 Å². The molecule has 0 fully saturated rings. The van der Waals surface area contributed by atoms with Gasteiger partial charge in [0, 0.05) is 16.9 Å². The van der Waals surface area contributed by atoms with Crippen LogP contribution in [0.4, 0.5) is 5.69 Å². The Hall–Kier alpha value is -0.960. The lowest BCUT2D eigenvalue weighted by atomic mass is 10.0. The van der Waals surface area contributed by atoms with Crippen molar-refractivity contribution in [3.05, 3.63) is 23.8 Å². The summed E-state index contributed by atoms with van der Waals surface area (Å²) in [6.45, 7) is 2.27. The Kier molecular flexibility index (Phi) is 13.4. The van der Waals surface area contributed by atoms with Gasteiger partial charge in [-0.2, -0.15) is 0 Å². The highest BCUT2D eigenvalue weighted by molar-refractivity contribution is 7.80. The van der Waals surface area contributed by atoms with E-state index in [-0.39, 0.29) is 5.78 Å². The molecule has 0 unspecified atom stereocenters. The van der Waals surface area contributed by atoms with Gasteiger partial charge in [-0.1, -0.05) is 96.5 Å². The maximum atomic E-state index is 12.2. The van der Waals surface area contributed by atoms with Crippen LogP contribution in [-0.4, -0.2) is 5.78 Å². The van der Waals surface area contributed by atoms with E-state index in [0.717, 1.165) is 12.8 Å². The van der Waals surface area contributed by atoms with Crippen molar-refractivity contribution >= 4 is 24.1 Å². The third-order valence-corrected chi connectivity index (χ3v) is 5.53. The Morgan fingerprint density at radius 2 is 1.27 bits per heavy atom. The minimum atomic E-state index is 0.150. The normalized spacial score (nSPS) is 11.0. The summed E-state index contributed by atoms with van der Waals surface area (Å²) in [5, 5.41) is 0. The van der Waals surface area contributed by atoms with Gasteiger partial charge in [-0.25, -0.2) is 0 Å². The van der Waals surface area contributed by atoms with Crippen LogP contribution < -0.4 is 5.73 Å². The predicted octanol–water partition coefficient (Wildman–Crippen LogP) is 7.61. The highest BCUT2D eigenvalue weighted by atomic mass is 32.1. The number of nitrogens with two attached hydrogens (primary N) is 1. The van der Waals surface area contributed by atoms with Gasteiger partial charge in [0.25, 0.3) is 0 Å². The van der Waals surface area contributed by atoms with Gasteiger partial charge in [-0.05, 0) is 18.6 Å². The number of hydrogen-bond acceptors (Lipinski definition) is 3. The van der Waals surface area contributed by atoms with Gasteiger partial charge >= 0.3 is 0 Å². The summed E-state index contributed by atoms with van der Waals surface area (Å²) in [5.74, 6) is 0.150. The van der Waals surface area contributed by atoms with Gasteiger partial charge in [0.05, 0.1) is 5.69 Å². The first-order valence-corrected chi connectivity index (χ1v) is 11.2. The van der Waals surface area contributed by atoms with Crippen LogP contribution in [0.2, 0.25) is 0 Å². The number of carbonyl (C=O) groups is 1. The molecule has 0 aliphatic rings. The first kappa shape index (κ1) is 23.1. The first-order valence-electron chi connectivity index (χ1n) is 10.8. The molecule has 0 saturated heterocycles. The Bertz CT molecular complexity index is 501. The van der Waals surface area contributed by atoms with Crippen molar-refractivity contribution in [1.82, 2.24) is 0 Å². The second-order valence-electron chi connectivity index (χ2n) is 7.51. The molecule has 0 atom stereocenters. The highest BCUT2D eigenvalue weighted by Crippen LogP contribution is 2.23. The molecule has 0 saturated carbocycles. The van der Waals surface area contributed by atoms with Gasteiger partial charge in [0.1, 0.15) is 0 Å². The Morgan fingerprint density at radius 1 is 0.808 bits per heavy atom. The second kappa shape index (κ2) is 15.1. The highest BCUT2D eigenvalue weighted by Gasteiger charge is 2.10.